The van der Waals surface area contributed by atoms with E-state index in [4.69, 9.17) is 4.74 Å². The fraction of sp³-hybridized carbons (Fsp3) is 1.00. The van der Waals surface area contributed by atoms with E-state index in [1.54, 1.807) is 0 Å². The molecule has 60 valence electrons. The number of rotatable bonds is 1. The maximum Gasteiger partial charge on any atom is 0.0582 e. The third-order valence-corrected chi connectivity index (χ3v) is 3.89. The van der Waals surface area contributed by atoms with E-state index in [-0.39, 0.29) is 0 Å². The molecule has 1 saturated heterocycles. The van der Waals surface area contributed by atoms with Crippen molar-refractivity contribution in [3.8, 4) is 0 Å². The van der Waals surface area contributed by atoms with Crippen LogP contribution in [-0.2, 0) is 4.74 Å². The lowest BCUT2D eigenvalue weighted by atomic mass is 9.99. The quantitative estimate of drug-likeness (QED) is 0.516. The van der Waals surface area contributed by atoms with Gasteiger partial charge in [-0.3, -0.25) is 0 Å². The number of hydrogen-bond acceptors (Lipinski definition) is 1. The molecular weight excluding hydrogens is 239 g/mol. The van der Waals surface area contributed by atoms with Gasteiger partial charge >= 0.3 is 0 Å². The minimum absolute atomic E-state index is 0.540. The van der Waals surface area contributed by atoms with Crippen molar-refractivity contribution in [2.75, 3.05) is 6.61 Å². The number of halogens is 1. The highest BCUT2D eigenvalue weighted by atomic mass is 127. The van der Waals surface area contributed by atoms with Crippen LogP contribution in [-0.4, -0.2) is 16.6 Å². The molecule has 0 aromatic heterocycles. The lowest BCUT2D eigenvalue weighted by Crippen LogP contribution is -2.31. The third-order valence-electron chi connectivity index (χ3n) is 2.16. The van der Waals surface area contributed by atoms with Gasteiger partial charge in [-0.1, -0.05) is 36.4 Å². The van der Waals surface area contributed by atoms with Crippen LogP contribution in [0.2, 0.25) is 0 Å². The molecule has 0 aromatic rings. The van der Waals surface area contributed by atoms with E-state index >= 15 is 0 Å². The molecule has 0 aliphatic carbocycles. The Hall–Kier alpha value is 0.690. The first-order valence-corrected chi connectivity index (χ1v) is 5.24. The molecule has 1 aliphatic heterocycles. The van der Waals surface area contributed by atoms with Crippen LogP contribution in [0.5, 0.6) is 0 Å². The number of alkyl halides is 1. The van der Waals surface area contributed by atoms with E-state index in [0.717, 1.165) is 16.4 Å². The van der Waals surface area contributed by atoms with Gasteiger partial charge in [0.1, 0.15) is 0 Å². The molecule has 3 atom stereocenters. The molecule has 2 heteroatoms. The topological polar surface area (TPSA) is 9.23 Å². The third kappa shape index (κ3) is 2.09. The van der Waals surface area contributed by atoms with Gasteiger partial charge in [-0.05, 0) is 18.8 Å². The zero-order valence-electron chi connectivity index (χ0n) is 6.64. The second-order valence-electron chi connectivity index (χ2n) is 3.09. The van der Waals surface area contributed by atoms with Crippen LogP contribution in [0.15, 0.2) is 0 Å². The minimum atomic E-state index is 0.540. The molecular formula is C8H15IO. The molecule has 0 bridgehead atoms. The van der Waals surface area contributed by atoms with Crippen LogP contribution in [0.3, 0.4) is 0 Å². The highest BCUT2D eigenvalue weighted by Crippen LogP contribution is 2.26. The van der Waals surface area contributed by atoms with Crippen molar-refractivity contribution in [3.05, 3.63) is 0 Å². The Kier molecular flexibility index (Phi) is 3.43. The van der Waals surface area contributed by atoms with Gasteiger partial charge in [-0.25, -0.2) is 0 Å². The Bertz CT molecular complexity index is 105. The SMILES string of the molecule is CCC1C[C@@H](I)[C@@H](C)CO1. The molecule has 10 heavy (non-hydrogen) atoms. The highest BCUT2D eigenvalue weighted by Gasteiger charge is 2.24. The summed E-state index contributed by atoms with van der Waals surface area (Å²) < 4.78 is 6.43. The molecule has 1 rings (SSSR count). The summed E-state index contributed by atoms with van der Waals surface area (Å²) in [7, 11) is 0. The largest absolute Gasteiger partial charge is 0.378 e. The average molecular weight is 254 g/mol. The van der Waals surface area contributed by atoms with Gasteiger partial charge in [0.25, 0.3) is 0 Å². The fourth-order valence-electron chi connectivity index (χ4n) is 1.23. The summed E-state index contributed by atoms with van der Waals surface area (Å²) in [5, 5.41) is 0. The highest BCUT2D eigenvalue weighted by molar-refractivity contribution is 14.1. The summed E-state index contributed by atoms with van der Waals surface area (Å²) in [5.74, 6) is 0.753. The van der Waals surface area contributed by atoms with Gasteiger partial charge in [-0.15, -0.1) is 0 Å². The number of ether oxygens (including phenoxy) is 1. The molecule has 1 aliphatic rings. The van der Waals surface area contributed by atoms with E-state index in [0.29, 0.717) is 6.10 Å². The summed E-state index contributed by atoms with van der Waals surface area (Å²) in [6, 6.07) is 0. The maximum atomic E-state index is 5.60. The predicted octanol–water partition coefficient (Wildman–Crippen LogP) is 2.63. The lowest BCUT2D eigenvalue weighted by molar-refractivity contribution is -0.00625. The van der Waals surface area contributed by atoms with Crippen molar-refractivity contribution in [3.63, 3.8) is 0 Å². The monoisotopic (exact) mass is 254 g/mol. The fourth-order valence-corrected chi connectivity index (χ4v) is 2.00. The van der Waals surface area contributed by atoms with Crippen LogP contribution >= 0.6 is 22.6 Å². The number of hydrogen-bond donors (Lipinski definition) is 0. The molecule has 0 saturated carbocycles. The second-order valence-corrected chi connectivity index (χ2v) is 4.69. The summed E-state index contributed by atoms with van der Waals surface area (Å²) in [6.45, 7) is 5.43. The smallest absolute Gasteiger partial charge is 0.0582 e. The van der Waals surface area contributed by atoms with Crippen molar-refractivity contribution < 1.29 is 4.74 Å². The van der Waals surface area contributed by atoms with Crippen LogP contribution in [0, 0.1) is 5.92 Å². The zero-order valence-corrected chi connectivity index (χ0v) is 8.80. The van der Waals surface area contributed by atoms with Crippen molar-refractivity contribution in [2.45, 2.75) is 36.7 Å². The van der Waals surface area contributed by atoms with Crippen LogP contribution in [0.25, 0.3) is 0 Å². The van der Waals surface area contributed by atoms with Gasteiger partial charge < -0.3 is 4.74 Å². The lowest BCUT2D eigenvalue weighted by Gasteiger charge is -2.30. The molecule has 0 N–H and O–H groups in total. The molecule has 0 spiro atoms. The average Bonchev–Trinajstić information content (AvgIpc) is 1.95. The summed E-state index contributed by atoms with van der Waals surface area (Å²) in [5.41, 5.74) is 0. The van der Waals surface area contributed by atoms with Crippen LogP contribution in [0.4, 0.5) is 0 Å². The van der Waals surface area contributed by atoms with Gasteiger partial charge in [-0.2, -0.15) is 0 Å². The van der Waals surface area contributed by atoms with Crippen molar-refractivity contribution in [2.24, 2.45) is 5.92 Å². The first kappa shape index (κ1) is 8.78. The summed E-state index contributed by atoms with van der Waals surface area (Å²) in [6.07, 6.45) is 2.96. The molecule has 1 heterocycles. The Balaban J connectivity index is 2.33. The van der Waals surface area contributed by atoms with Gasteiger partial charge in [0.05, 0.1) is 12.7 Å². The summed E-state index contributed by atoms with van der Waals surface area (Å²) >= 11 is 2.54. The van der Waals surface area contributed by atoms with Gasteiger partial charge in [0, 0.05) is 3.92 Å². The van der Waals surface area contributed by atoms with E-state index in [1.807, 2.05) is 0 Å². The minimum Gasteiger partial charge on any atom is -0.378 e. The standard InChI is InChI=1S/C8H15IO/c1-3-7-4-8(9)6(2)5-10-7/h6-8H,3-5H2,1-2H3/t6-,7?,8+/m0/s1. The van der Waals surface area contributed by atoms with E-state index < -0.39 is 0 Å². The Labute approximate surface area is 76.7 Å². The molecule has 1 fully saturated rings. The maximum absolute atomic E-state index is 5.60. The molecule has 1 unspecified atom stereocenters. The van der Waals surface area contributed by atoms with Crippen molar-refractivity contribution in [1.82, 2.24) is 0 Å². The zero-order chi connectivity index (χ0) is 7.56. The molecule has 0 amide bonds. The van der Waals surface area contributed by atoms with Gasteiger partial charge in [0.15, 0.2) is 0 Å². The van der Waals surface area contributed by atoms with Crippen LogP contribution in [0.1, 0.15) is 26.7 Å². The van der Waals surface area contributed by atoms with Crippen molar-refractivity contribution in [1.29, 1.82) is 0 Å². The predicted molar refractivity (Wildman–Crippen MR) is 51.6 cm³/mol. The Morgan fingerprint density at radius 3 is 2.80 bits per heavy atom. The van der Waals surface area contributed by atoms with E-state index in [9.17, 15) is 0 Å². The first-order valence-electron chi connectivity index (χ1n) is 3.99. The Morgan fingerprint density at radius 2 is 2.30 bits per heavy atom. The first-order chi connectivity index (χ1) is 4.74. The Morgan fingerprint density at radius 1 is 1.60 bits per heavy atom. The molecule has 0 aromatic carbocycles. The normalized spacial score (nSPS) is 41.7. The molecule has 1 nitrogen and oxygen atoms in total. The van der Waals surface area contributed by atoms with Crippen molar-refractivity contribution >= 4 is 22.6 Å². The van der Waals surface area contributed by atoms with Gasteiger partial charge in [0.2, 0.25) is 0 Å². The van der Waals surface area contributed by atoms with Crippen LogP contribution < -0.4 is 0 Å². The molecule has 0 radical (unpaired) electrons. The second kappa shape index (κ2) is 3.90. The van der Waals surface area contributed by atoms with E-state index in [2.05, 4.69) is 36.4 Å². The summed E-state index contributed by atoms with van der Waals surface area (Å²) in [4.78, 5) is 0. The van der Waals surface area contributed by atoms with E-state index in [1.165, 1.54) is 12.8 Å².